The number of para-hydroxylation sites is 1. The normalized spacial score (nSPS) is 20.9. The largest absolute Gasteiger partial charge is 0.471 e. The van der Waals surface area contributed by atoms with Crippen molar-refractivity contribution in [2.75, 3.05) is 6.73 Å². The fourth-order valence-electron chi connectivity index (χ4n) is 5.35. The van der Waals surface area contributed by atoms with Crippen molar-refractivity contribution in [3.63, 3.8) is 0 Å². The maximum absolute atomic E-state index is 13.7. The molecule has 1 fully saturated rings. The second-order valence-corrected chi connectivity index (χ2v) is 10.0. The number of nitrogens with one attached hydrogen (secondary N) is 1. The van der Waals surface area contributed by atoms with Crippen LogP contribution in [-0.2, 0) is 31.6 Å². The van der Waals surface area contributed by atoms with Gasteiger partial charge in [0.05, 0.1) is 17.4 Å². The molecule has 2 aliphatic rings. The average Bonchev–Trinajstić information content (AvgIpc) is 3.40. The van der Waals surface area contributed by atoms with Crippen LogP contribution in [0.1, 0.15) is 53.1 Å². The first-order valence-corrected chi connectivity index (χ1v) is 12.7. The van der Waals surface area contributed by atoms with E-state index in [0.717, 1.165) is 52.0 Å². The van der Waals surface area contributed by atoms with Crippen molar-refractivity contribution in [2.45, 2.75) is 45.1 Å². The first kappa shape index (κ1) is 22.8. The molecule has 1 saturated heterocycles. The van der Waals surface area contributed by atoms with E-state index in [1.807, 2.05) is 44.3 Å². The van der Waals surface area contributed by atoms with Gasteiger partial charge in [0.1, 0.15) is 6.73 Å². The maximum Gasteiger partial charge on any atom is 0.471 e. The Hall–Kier alpha value is -2.97. The first-order chi connectivity index (χ1) is 16.2. The van der Waals surface area contributed by atoms with Crippen LogP contribution in [0.15, 0.2) is 36.7 Å². The number of hydrogen-bond donors (Lipinski definition) is 3. The lowest BCUT2D eigenvalue weighted by Gasteiger charge is -2.16. The van der Waals surface area contributed by atoms with Crippen LogP contribution in [0.4, 0.5) is 0 Å². The van der Waals surface area contributed by atoms with Crippen molar-refractivity contribution in [3.05, 3.63) is 64.6 Å². The quantitative estimate of drug-likeness (QED) is 0.364. The zero-order valence-corrected chi connectivity index (χ0v) is 19.8. The molecule has 3 aromatic rings. The molecule has 5 rings (SSSR count). The van der Waals surface area contributed by atoms with Crippen LogP contribution in [0.3, 0.4) is 0 Å². The van der Waals surface area contributed by atoms with E-state index in [1.165, 1.54) is 5.56 Å². The summed E-state index contributed by atoms with van der Waals surface area (Å²) in [6.45, 7) is 3.79. The van der Waals surface area contributed by atoms with E-state index in [-0.39, 0.29) is 0 Å². The highest BCUT2D eigenvalue weighted by Gasteiger charge is 2.51. The summed E-state index contributed by atoms with van der Waals surface area (Å²) in [4.78, 5) is 49.6. The molecule has 2 unspecified atom stereocenters. The van der Waals surface area contributed by atoms with E-state index in [0.29, 0.717) is 5.56 Å². The highest BCUT2D eigenvalue weighted by atomic mass is 31.2. The first-order valence-electron chi connectivity index (χ1n) is 11.2. The van der Waals surface area contributed by atoms with E-state index in [2.05, 4.69) is 20.1 Å². The summed E-state index contributed by atoms with van der Waals surface area (Å²) in [5, 5.41) is 0.922. The van der Waals surface area contributed by atoms with Gasteiger partial charge in [0.15, 0.2) is 0 Å². The van der Waals surface area contributed by atoms with Gasteiger partial charge in [-0.2, -0.15) is 0 Å². The molecule has 0 saturated carbocycles. The summed E-state index contributed by atoms with van der Waals surface area (Å²) in [5.41, 5.74) is 5.38. The lowest BCUT2D eigenvalue weighted by molar-refractivity contribution is -0.142. The Morgan fingerprint density at radius 1 is 1.21 bits per heavy atom. The molecule has 4 heterocycles. The molecular formula is C24H26N3O6P. The molecule has 9 nitrogen and oxygen atoms in total. The number of rotatable bonds is 6. The number of carbonyl (C=O) groups excluding carboxylic acids is 2. The maximum atomic E-state index is 13.7. The third-order valence-corrected chi connectivity index (χ3v) is 7.22. The van der Waals surface area contributed by atoms with Gasteiger partial charge in [-0.3, -0.25) is 19.0 Å². The topological polar surface area (TPSA) is 125 Å². The third-order valence-electron chi connectivity index (χ3n) is 6.77. The minimum Gasteiger partial charge on any atom is -0.364 e. The highest BCUT2D eigenvalue weighted by Crippen LogP contribution is 2.47. The Morgan fingerprint density at radius 2 is 1.94 bits per heavy atom. The molecule has 10 heteroatoms. The van der Waals surface area contributed by atoms with Crippen molar-refractivity contribution in [1.82, 2.24) is 14.5 Å². The molecule has 2 aromatic heterocycles. The molecule has 1 aromatic carbocycles. The predicted molar refractivity (Wildman–Crippen MR) is 126 cm³/mol. The Morgan fingerprint density at radius 3 is 2.65 bits per heavy atom. The van der Waals surface area contributed by atoms with Crippen LogP contribution in [0.2, 0.25) is 0 Å². The number of allylic oxidation sites excluding steroid dienone is 1. The number of phosphoric ester groups is 1. The number of aryl methyl sites for hydroxylation is 3. The number of likely N-dealkylation sites (tertiary alicyclic amines) is 1. The number of aromatic amines is 1. The lowest BCUT2D eigenvalue weighted by Crippen LogP contribution is -2.32. The number of H-pyrrole nitrogens is 1. The number of carbonyl (C=O) groups is 2. The van der Waals surface area contributed by atoms with Crippen molar-refractivity contribution in [2.24, 2.45) is 0 Å². The lowest BCUT2D eigenvalue weighted by atomic mass is 9.82. The number of imide groups is 1. The van der Waals surface area contributed by atoms with Gasteiger partial charge < -0.3 is 19.3 Å². The number of amides is 2. The Balaban J connectivity index is 1.68. The number of hydrogen-bond acceptors (Lipinski definition) is 4. The standard InChI is InChI=1S/C24H26N3O6P/c1-3-6-16-14(2)25-11-18(16)20-21(24(29)27(23(20)28)13-33-34(30,31)32)19-12-26-10-5-8-15-7-4-9-17(19)22(15)26/h3-4,6-7,9,11-12,20-21,25H,5,8,10,13H2,1-2H3,(H2,30,31,32)/b6-3-. The number of aromatic nitrogens is 2. The molecule has 0 spiro atoms. The molecule has 0 aliphatic carbocycles. The molecular weight excluding hydrogens is 457 g/mol. The van der Waals surface area contributed by atoms with Crippen molar-refractivity contribution in [1.29, 1.82) is 0 Å². The molecule has 2 aliphatic heterocycles. The summed E-state index contributed by atoms with van der Waals surface area (Å²) in [6, 6.07) is 6.02. The van der Waals surface area contributed by atoms with Crippen LogP contribution in [0.5, 0.6) is 0 Å². The smallest absolute Gasteiger partial charge is 0.364 e. The summed E-state index contributed by atoms with van der Waals surface area (Å²) >= 11 is 0. The second-order valence-electron chi connectivity index (χ2n) is 8.79. The van der Waals surface area contributed by atoms with Gasteiger partial charge >= 0.3 is 7.82 Å². The Labute approximate surface area is 196 Å². The van der Waals surface area contributed by atoms with Gasteiger partial charge in [0.25, 0.3) is 0 Å². The third kappa shape index (κ3) is 3.65. The number of benzene rings is 1. The Bertz CT molecular complexity index is 1380. The minimum absolute atomic E-state index is 0.530. The van der Waals surface area contributed by atoms with E-state index in [9.17, 15) is 23.9 Å². The van der Waals surface area contributed by atoms with Gasteiger partial charge in [-0.15, -0.1) is 0 Å². The van der Waals surface area contributed by atoms with Crippen molar-refractivity contribution < 1.29 is 28.5 Å². The summed E-state index contributed by atoms with van der Waals surface area (Å²) in [5.74, 6) is -2.77. The van der Waals surface area contributed by atoms with Gasteiger partial charge in [0, 0.05) is 30.0 Å². The van der Waals surface area contributed by atoms with E-state index >= 15 is 0 Å². The van der Waals surface area contributed by atoms with Gasteiger partial charge in [-0.05, 0) is 48.9 Å². The van der Waals surface area contributed by atoms with E-state index in [1.54, 1.807) is 6.20 Å². The van der Waals surface area contributed by atoms with Crippen LogP contribution >= 0.6 is 7.82 Å². The SMILES string of the molecule is C/C=C\c1c(C2C(=O)N(COP(=O)(O)O)C(=O)C2c2cn3c4c(cccc24)CCC3)c[nH]c1C. The summed E-state index contributed by atoms with van der Waals surface area (Å²) < 4.78 is 18.0. The fraction of sp³-hybridized carbons (Fsp3) is 0.333. The molecule has 0 bridgehead atoms. The fourth-order valence-corrected chi connectivity index (χ4v) is 5.62. The zero-order chi connectivity index (χ0) is 24.2. The van der Waals surface area contributed by atoms with Crippen LogP contribution in [0, 0.1) is 6.92 Å². The average molecular weight is 483 g/mol. The molecule has 34 heavy (non-hydrogen) atoms. The van der Waals surface area contributed by atoms with Crippen LogP contribution in [-0.4, -0.2) is 42.8 Å². The predicted octanol–water partition coefficient (Wildman–Crippen LogP) is 3.56. The van der Waals surface area contributed by atoms with E-state index in [4.69, 9.17) is 0 Å². The molecule has 178 valence electrons. The second kappa shape index (κ2) is 8.36. The number of phosphoric acid groups is 1. The molecule has 0 radical (unpaired) electrons. The van der Waals surface area contributed by atoms with E-state index < -0.39 is 38.2 Å². The van der Waals surface area contributed by atoms with Gasteiger partial charge in [0.2, 0.25) is 11.8 Å². The molecule has 3 N–H and O–H groups in total. The van der Waals surface area contributed by atoms with Crippen molar-refractivity contribution in [3.8, 4) is 0 Å². The number of nitrogens with zero attached hydrogens (tertiary/aromatic N) is 2. The highest BCUT2D eigenvalue weighted by molar-refractivity contribution is 7.46. The molecule has 2 amide bonds. The van der Waals surface area contributed by atoms with Crippen molar-refractivity contribution >= 4 is 36.6 Å². The zero-order valence-electron chi connectivity index (χ0n) is 18.9. The summed E-state index contributed by atoms with van der Waals surface area (Å²) in [6.07, 6.45) is 9.39. The summed E-state index contributed by atoms with van der Waals surface area (Å²) in [7, 11) is -4.88. The van der Waals surface area contributed by atoms with Gasteiger partial charge in [-0.25, -0.2) is 4.57 Å². The van der Waals surface area contributed by atoms with Crippen LogP contribution < -0.4 is 0 Å². The monoisotopic (exact) mass is 483 g/mol. The minimum atomic E-state index is -4.88. The van der Waals surface area contributed by atoms with Crippen LogP contribution in [0.25, 0.3) is 17.0 Å². The Kier molecular flexibility index (Phi) is 5.61. The molecule has 2 atom stereocenters. The van der Waals surface area contributed by atoms with Gasteiger partial charge in [-0.1, -0.05) is 30.4 Å².